The second-order valence-corrected chi connectivity index (χ2v) is 6.88. The number of rotatable bonds is 6. The largest absolute Gasteiger partial charge is 0.352 e. The summed E-state index contributed by atoms with van der Waals surface area (Å²) < 4.78 is 0. The van der Waals surface area contributed by atoms with Gasteiger partial charge in [0.2, 0.25) is 0 Å². The molecule has 5 nitrogen and oxygen atoms in total. The van der Waals surface area contributed by atoms with Gasteiger partial charge in [0.1, 0.15) is 0 Å². The number of likely N-dealkylation sites (tertiary alicyclic amines) is 1. The molecule has 1 aromatic carbocycles. The Labute approximate surface area is 175 Å². The molecule has 0 atom stereocenters. The minimum atomic E-state index is 0. The Morgan fingerprint density at radius 1 is 1.19 bits per heavy atom. The molecular weight excluding hydrogens is 439 g/mol. The number of carbonyl (C=O) groups excluding carboxylic acids is 1. The molecule has 0 spiro atoms. The van der Waals surface area contributed by atoms with Gasteiger partial charge >= 0.3 is 0 Å². The van der Waals surface area contributed by atoms with Crippen LogP contribution in [0.3, 0.4) is 0 Å². The molecule has 0 aromatic heterocycles. The van der Waals surface area contributed by atoms with Gasteiger partial charge in [-0.25, -0.2) is 0 Å². The lowest BCUT2D eigenvalue weighted by Crippen LogP contribution is -2.45. The van der Waals surface area contributed by atoms with E-state index in [0.717, 1.165) is 56.5 Å². The first-order valence-electron chi connectivity index (χ1n) is 9.46. The van der Waals surface area contributed by atoms with Crippen molar-refractivity contribution in [3.8, 4) is 0 Å². The Kier molecular flexibility index (Phi) is 10.6. The number of nitrogens with zero attached hydrogens (tertiary/aromatic N) is 2. The predicted octanol–water partition coefficient (Wildman–Crippen LogP) is 3.64. The van der Waals surface area contributed by atoms with Gasteiger partial charge in [0, 0.05) is 38.8 Å². The summed E-state index contributed by atoms with van der Waals surface area (Å²) in [7, 11) is 1.84. The molecule has 0 bridgehead atoms. The van der Waals surface area contributed by atoms with Crippen molar-refractivity contribution in [1.82, 2.24) is 15.5 Å². The number of carbonyl (C=O) groups is 1. The van der Waals surface area contributed by atoms with Crippen LogP contribution in [0.2, 0.25) is 0 Å². The van der Waals surface area contributed by atoms with Crippen LogP contribution >= 0.6 is 24.0 Å². The highest BCUT2D eigenvalue weighted by atomic mass is 127. The molecule has 1 amide bonds. The van der Waals surface area contributed by atoms with Gasteiger partial charge < -0.3 is 15.5 Å². The number of unbranched alkanes of at least 4 members (excludes halogenated alkanes) is 1. The zero-order chi connectivity index (χ0) is 18.1. The second kappa shape index (κ2) is 12.1. The van der Waals surface area contributed by atoms with Crippen molar-refractivity contribution in [2.75, 3.05) is 26.7 Å². The van der Waals surface area contributed by atoms with Gasteiger partial charge in [0.15, 0.2) is 5.96 Å². The van der Waals surface area contributed by atoms with Crippen LogP contribution in [-0.4, -0.2) is 43.4 Å². The predicted molar refractivity (Wildman–Crippen MR) is 119 cm³/mol. The van der Waals surface area contributed by atoms with Gasteiger partial charge in [-0.1, -0.05) is 32.4 Å². The summed E-state index contributed by atoms with van der Waals surface area (Å²) in [5.41, 5.74) is 1.87. The van der Waals surface area contributed by atoms with Crippen molar-refractivity contribution >= 4 is 35.8 Å². The monoisotopic (exact) mass is 472 g/mol. The maximum atomic E-state index is 12.0. The quantitative estimate of drug-likeness (QED) is 0.288. The molecule has 2 N–H and O–H groups in total. The highest BCUT2D eigenvalue weighted by molar-refractivity contribution is 14.0. The van der Waals surface area contributed by atoms with Crippen LogP contribution in [0.5, 0.6) is 0 Å². The Balaban J connectivity index is 0.00000338. The van der Waals surface area contributed by atoms with Crippen molar-refractivity contribution in [3.05, 3.63) is 35.4 Å². The van der Waals surface area contributed by atoms with Crippen LogP contribution in [0.15, 0.2) is 29.3 Å². The summed E-state index contributed by atoms with van der Waals surface area (Å²) in [6.45, 7) is 8.02. The second-order valence-electron chi connectivity index (χ2n) is 6.88. The van der Waals surface area contributed by atoms with Crippen molar-refractivity contribution in [2.24, 2.45) is 10.9 Å². The fourth-order valence-corrected chi connectivity index (χ4v) is 2.99. The minimum Gasteiger partial charge on any atom is -0.352 e. The molecule has 2 rings (SSSR count). The van der Waals surface area contributed by atoms with E-state index in [1.165, 1.54) is 12.8 Å². The van der Waals surface area contributed by atoms with E-state index in [4.69, 9.17) is 0 Å². The lowest BCUT2D eigenvalue weighted by Gasteiger charge is -2.32. The summed E-state index contributed by atoms with van der Waals surface area (Å²) in [4.78, 5) is 18.8. The molecule has 0 saturated carbocycles. The average Bonchev–Trinajstić information content (AvgIpc) is 2.64. The third kappa shape index (κ3) is 7.13. The third-order valence-electron chi connectivity index (χ3n) is 4.78. The van der Waals surface area contributed by atoms with Gasteiger partial charge in [-0.05, 0) is 42.9 Å². The van der Waals surface area contributed by atoms with Crippen molar-refractivity contribution < 1.29 is 4.79 Å². The number of amides is 1. The van der Waals surface area contributed by atoms with Gasteiger partial charge in [0.25, 0.3) is 5.91 Å². The number of benzene rings is 1. The normalized spacial score (nSPS) is 15.3. The minimum absolute atomic E-state index is 0. The first-order valence-corrected chi connectivity index (χ1v) is 9.46. The summed E-state index contributed by atoms with van der Waals surface area (Å²) in [6.07, 6.45) is 4.55. The van der Waals surface area contributed by atoms with Gasteiger partial charge in [-0.15, -0.1) is 24.0 Å². The van der Waals surface area contributed by atoms with Gasteiger partial charge in [-0.3, -0.25) is 9.79 Å². The van der Waals surface area contributed by atoms with Crippen LogP contribution in [0.1, 0.15) is 55.5 Å². The molecule has 1 saturated heterocycles. The zero-order valence-electron chi connectivity index (χ0n) is 16.3. The van der Waals surface area contributed by atoms with Crippen LogP contribution in [-0.2, 0) is 6.54 Å². The zero-order valence-corrected chi connectivity index (χ0v) is 18.6. The topological polar surface area (TPSA) is 56.7 Å². The fourth-order valence-electron chi connectivity index (χ4n) is 2.99. The summed E-state index contributed by atoms with van der Waals surface area (Å²) in [5.74, 6) is 1.78. The van der Waals surface area contributed by atoms with Crippen LogP contribution in [0.25, 0.3) is 0 Å². The van der Waals surface area contributed by atoms with Crippen molar-refractivity contribution in [3.63, 3.8) is 0 Å². The number of aliphatic imine (C=N–C) groups is 1. The number of nitrogens with one attached hydrogen (secondary N) is 2. The number of piperidine rings is 1. The highest BCUT2D eigenvalue weighted by Gasteiger charge is 2.18. The lowest BCUT2D eigenvalue weighted by atomic mass is 9.99. The molecule has 1 aliphatic heterocycles. The summed E-state index contributed by atoms with van der Waals surface area (Å²) in [5, 5.41) is 6.38. The van der Waals surface area contributed by atoms with E-state index < -0.39 is 0 Å². The SMILES string of the molecule is CCCCNC(=O)c1ccc(CNC(=NC)N2CCC(C)CC2)cc1.I. The smallest absolute Gasteiger partial charge is 0.251 e. The number of halogens is 1. The van der Waals surface area contributed by atoms with Crippen molar-refractivity contribution in [2.45, 2.75) is 46.1 Å². The third-order valence-corrected chi connectivity index (χ3v) is 4.78. The van der Waals surface area contributed by atoms with Gasteiger partial charge in [-0.2, -0.15) is 0 Å². The van der Waals surface area contributed by atoms with E-state index in [9.17, 15) is 4.79 Å². The van der Waals surface area contributed by atoms with E-state index in [0.29, 0.717) is 5.56 Å². The lowest BCUT2D eigenvalue weighted by molar-refractivity contribution is 0.0953. The Morgan fingerprint density at radius 2 is 1.85 bits per heavy atom. The summed E-state index contributed by atoms with van der Waals surface area (Å²) >= 11 is 0. The molecular formula is C20H33IN4O. The van der Waals surface area contributed by atoms with Crippen LogP contribution in [0.4, 0.5) is 0 Å². The molecule has 146 valence electrons. The first kappa shape index (κ1) is 22.7. The maximum absolute atomic E-state index is 12.0. The van der Waals surface area contributed by atoms with Crippen molar-refractivity contribution in [1.29, 1.82) is 0 Å². The molecule has 1 aromatic rings. The number of guanidine groups is 1. The molecule has 0 radical (unpaired) electrons. The molecule has 0 unspecified atom stereocenters. The van der Waals surface area contributed by atoms with E-state index in [1.807, 2.05) is 31.3 Å². The summed E-state index contributed by atoms with van der Waals surface area (Å²) in [6, 6.07) is 7.80. The molecule has 1 fully saturated rings. The van der Waals surface area contributed by atoms with Gasteiger partial charge in [0.05, 0.1) is 0 Å². The van der Waals surface area contributed by atoms with Crippen LogP contribution in [0, 0.1) is 5.92 Å². The fraction of sp³-hybridized carbons (Fsp3) is 0.600. The van der Waals surface area contributed by atoms with Crippen LogP contribution < -0.4 is 10.6 Å². The average molecular weight is 472 g/mol. The van der Waals surface area contributed by atoms with E-state index in [-0.39, 0.29) is 29.9 Å². The van der Waals surface area contributed by atoms with E-state index in [2.05, 4.69) is 34.4 Å². The molecule has 26 heavy (non-hydrogen) atoms. The maximum Gasteiger partial charge on any atom is 0.251 e. The highest BCUT2D eigenvalue weighted by Crippen LogP contribution is 2.16. The standard InChI is InChI=1S/C20H32N4O.HI/c1-4-5-12-22-19(25)18-8-6-17(7-9-18)15-23-20(21-3)24-13-10-16(2)11-14-24;/h6-9,16H,4-5,10-15H2,1-3H3,(H,21,23)(H,22,25);1H. The van der Waals surface area contributed by atoms with E-state index in [1.54, 1.807) is 0 Å². The Hall–Kier alpha value is -1.31. The number of hydrogen-bond acceptors (Lipinski definition) is 2. The molecule has 1 aliphatic rings. The first-order chi connectivity index (χ1) is 12.1. The van der Waals surface area contributed by atoms with E-state index >= 15 is 0 Å². The Bertz CT molecular complexity index is 566. The molecule has 0 aliphatic carbocycles. The molecule has 6 heteroatoms. The number of hydrogen-bond donors (Lipinski definition) is 2. The Morgan fingerprint density at radius 3 is 2.42 bits per heavy atom. The molecule has 1 heterocycles.